The predicted octanol–water partition coefficient (Wildman–Crippen LogP) is -0.647. The van der Waals surface area contributed by atoms with E-state index >= 15 is 0 Å². The quantitative estimate of drug-likeness (QED) is 0.220. The van der Waals surface area contributed by atoms with Gasteiger partial charge in [0.15, 0.2) is 11.8 Å². The Hall–Kier alpha value is -2.49. The highest BCUT2D eigenvalue weighted by atomic mass is 31.3. The number of benzene rings is 1. The van der Waals surface area contributed by atoms with Crippen LogP contribution in [-0.2, 0) is 29.2 Å². The Labute approximate surface area is 200 Å². The molecule has 0 bridgehead atoms. The van der Waals surface area contributed by atoms with E-state index in [0.717, 1.165) is 27.0 Å². The molecular formula is C18H21N3O13P2. The summed E-state index contributed by atoms with van der Waals surface area (Å²) in [5.41, 5.74) is 0.0246. The van der Waals surface area contributed by atoms with Crippen LogP contribution < -0.4 is 11.2 Å². The molecule has 1 aliphatic heterocycles. The lowest BCUT2D eigenvalue weighted by molar-refractivity contribution is -0.0547. The number of aliphatic hydroxyl groups excluding tert-OH is 2. The molecule has 196 valence electrons. The highest BCUT2D eigenvalue weighted by Crippen LogP contribution is 2.57. The van der Waals surface area contributed by atoms with Gasteiger partial charge < -0.3 is 34.2 Å². The van der Waals surface area contributed by atoms with Crippen molar-refractivity contribution in [2.24, 2.45) is 0 Å². The van der Waals surface area contributed by atoms with Crippen LogP contribution in [0.1, 0.15) is 17.5 Å². The number of phosphoric acid groups is 2. The van der Waals surface area contributed by atoms with Gasteiger partial charge in [-0.25, -0.2) is 13.9 Å². The van der Waals surface area contributed by atoms with E-state index in [1.165, 1.54) is 0 Å². The lowest BCUT2D eigenvalue weighted by Gasteiger charge is -2.19. The summed E-state index contributed by atoms with van der Waals surface area (Å²) < 4.78 is 42.7. The zero-order chi connectivity index (χ0) is 26.4. The van der Waals surface area contributed by atoms with Crippen molar-refractivity contribution in [2.75, 3.05) is 6.61 Å². The maximum absolute atomic E-state index is 13.1. The van der Waals surface area contributed by atoms with Gasteiger partial charge in [0.25, 0.3) is 5.56 Å². The number of hydrogen-bond donors (Lipinski definition) is 5. The minimum absolute atomic E-state index is 0.278. The van der Waals surface area contributed by atoms with E-state index in [1.807, 2.05) is 6.92 Å². The topological polar surface area (TPSA) is 233 Å². The fraction of sp³-hybridized carbons (Fsp3) is 0.389. The first-order chi connectivity index (χ1) is 16.8. The van der Waals surface area contributed by atoms with Crippen LogP contribution in [0.5, 0.6) is 0 Å². The van der Waals surface area contributed by atoms with E-state index in [9.17, 15) is 33.8 Å². The molecule has 1 saturated heterocycles. The molecule has 0 saturated carbocycles. The first kappa shape index (κ1) is 26.6. The second kappa shape index (κ2) is 9.76. The fourth-order valence-electron chi connectivity index (χ4n) is 3.66. The van der Waals surface area contributed by atoms with Crippen molar-refractivity contribution in [2.45, 2.75) is 38.0 Å². The summed E-state index contributed by atoms with van der Waals surface area (Å²) >= 11 is 0. The summed E-state index contributed by atoms with van der Waals surface area (Å²) in [5, 5.41) is 25.2. The molecule has 36 heavy (non-hydrogen) atoms. The number of aliphatic hydroxyl groups is 2. The summed E-state index contributed by atoms with van der Waals surface area (Å²) in [4.78, 5) is 52.3. The molecule has 1 aliphatic rings. The van der Waals surface area contributed by atoms with Gasteiger partial charge in [-0.2, -0.15) is 4.31 Å². The fourth-order valence-corrected chi connectivity index (χ4v) is 5.26. The Morgan fingerprint density at radius 1 is 1.11 bits per heavy atom. The molecule has 18 heteroatoms. The van der Waals surface area contributed by atoms with Crippen LogP contribution in [0, 0.1) is 6.92 Å². The number of ether oxygens (including phenoxy) is 1. The number of rotatable bonds is 8. The molecule has 2 aromatic heterocycles. The van der Waals surface area contributed by atoms with Gasteiger partial charge in [-0.15, -0.1) is 0 Å². The second-order valence-electron chi connectivity index (χ2n) is 7.94. The molecule has 5 N–H and O–H groups in total. The molecule has 0 spiro atoms. The summed E-state index contributed by atoms with van der Waals surface area (Å²) in [6.45, 7) is 0.623. The number of hydrogen-bond acceptors (Lipinski definition) is 11. The molecule has 3 aromatic rings. The SMILES string of the molecule is Cc1ccc2onc(Cn3c(=O)ccn([C@@H]4O[C@H](COP(=O)(O)OP(=O)(O)O)[C@@H](O)[C@H]4O)c3=O)c2c1. The monoisotopic (exact) mass is 549 g/mol. The maximum atomic E-state index is 13.1. The molecule has 3 heterocycles. The third-order valence-corrected chi connectivity index (χ3v) is 7.48. The summed E-state index contributed by atoms with van der Waals surface area (Å²) in [5.74, 6) is 0. The van der Waals surface area contributed by atoms with Crippen LogP contribution in [0.25, 0.3) is 11.0 Å². The molecular weight excluding hydrogens is 528 g/mol. The standard InChI is InChI=1S/C18H21N3O13P2/c1-9-2-3-12-10(6-9)11(19-33-12)7-21-14(22)4-5-20(18(21)25)17-16(24)15(23)13(32-17)8-31-36(29,30)34-35(26,27)28/h2-6,13,15-17,23-24H,7-8H2,1H3,(H,29,30)(H2,26,27,28)/t13-,15-,16-,17-/m1/s1. The van der Waals surface area contributed by atoms with Gasteiger partial charge in [0.1, 0.15) is 24.0 Å². The minimum atomic E-state index is -5.38. The summed E-state index contributed by atoms with van der Waals surface area (Å²) in [7, 11) is -10.6. The average molecular weight is 549 g/mol. The lowest BCUT2D eigenvalue weighted by atomic mass is 10.1. The van der Waals surface area contributed by atoms with Crippen molar-refractivity contribution in [1.82, 2.24) is 14.3 Å². The molecule has 1 fully saturated rings. The molecule has 16 nitrogen and oxygen atoms in total. The largest absolute Gasteiger partial charge is 0.481 e. The highest BCUT2D eigenvalue weighted by Gasteiger charge is 2.46. The number of phosphoric ester groups is 1. The zero-order valence-electron chi connectivity index (χ0n) is 18.3. The van der Waals surface area contributed by atoms with Crippen LogP contribution in [-0.4, -0.2) is 64.1 Å². The van der Waals surface area contributed by atoms with Gasteiger partial charge in [0.2, 0.25) is 0 Å². The number of nitrogens with zero attached hydrogens (tertiary/aromatic N) is 3. The van der Waals surface area contributed by atoms with Gasteiger partial charge in [-0.1, -0.05) is 16.8 Å². The van der Waals surface area contributed by atoms with Crippen molar-refractivity contribution in [3.8, 4) is 0 Å². The second-order valence-corrected chi connectivity index (χ2v) is 10.8. The van der Waals surface area contributed by atoms with Gasteiger partial charge in [-0.3, -0.25) is 18.5 Å². The van der Waals surface area contributed by atoms with E-state index in [2.05, 4.69) is 14.0 Å². The number of aromatic nitrogens is 3. The maximum Gasteiger partial charge on any atom is 0.481 e. The summed E-state index contributed by atoms with van der Waals surface area (Å²) in [6, 6.07) is 6.29. The van der Waals surface area contributed by atoms with Gasteiger partial charge >= 0.3 is 21.3 Å². The van der Waals surface area contributed by atoms with Crippen LogP contribution in [0.3, 0.4) is 0 Å². The van der Waals surface area contributed by atoms with Crippen molar-refractivity contribution < 1.29 is 52.1 Å². The van der Waals surface area contributed by atoms with Gasteiger partial charge in [-0.05, 0) is 19.1 Å². The van der Waals surface area contributed by atoms with Crippen molar-refractivity contribution >= 4 is 26.6 Å². The van der Waals surface area contributed by atoms with E-state index in [1.54, 1.807) is 18.2 Å². The van der Waals surface area contributed by atoms with Gasteiger partial charge in [0, 0.05) is 17.6 Å². The molecule has 1 unspecified atom stereocenters. The van der Waals surface area contributed by atoms with E-state index < -0.39 is 58.0 Å². The Morgan fingerprint density at radius 3 is 2.53 bits per heavy atom. The van der Waals surface area contributed by atoms with E-state index in [0.29, 0.717) is 16.7 Å². The Balaban J connectivity index is 1.57. The Morgan fingerprint density at radius 2 is 1.83 bits per heavy atom. The van der Waals surface area contributed by atoms with Crippen LogP contribution in [0.4, 0.5) is 0 Å². The molecule has 4 rings (SSSR count). The molecule has 1 aromatic carbocycles. The van der Waals surface area contributed by atoms with Crippen molar-refractivity contribution in [1.29, 1.82) is 0 Å². The Kier molecular flexibility index (Phi) is 7.20. The zero-order valence-corrected chi connectivity index (χ0v) is 20.1. The number of fused-ring (bicyclic) bond motifs is 1. The first-order valence-corrected chi connectivity index (χ1v) is 13.2. The third kappa shape index (κ3) is 5.58. The third-order valence-electron chi connectivity index (χ3n) is 5.33. The van der Waals surface area contributed by atoms with Gasteiger partial charge in [0.05, 0.1) is 13.2 Å². The number of aryl methyl sites for hydroxylation is 1. The lowest BCUT2D eigenvalue weighted by Crippen LogP contribution is -2.43. The van der Waals surface area contributed by atoms with Crippen LogP contribution >= 0.6 is 15.6 Å². The summed E-state index contributed by atoms with van der Waals surface area (Å²) in [6.07, 6.45) is -5.53. The first-order valence-electron chi connectivity index (χ1n) is 10.2. The average Bonchev–Trinajstić information content (AvgIpc) is 3.29. The smallest absolute Gasteiger partial charge is 0.387 e. The highest BCUT2D eigenvalue weighted by molar-refractivity contribution is 7.60. The minimum Gasteiger partial charge on any atom is -0.387 e. The van der Waals surface area contributed by atoms with Crippen molar-refractivity contribution in [3.63, 3.8) is 0 Å². The van der Waals surface area contributed by atoms with E-state index in [4.69, 9.17) is 19.0 Å². The predicted molar refractivity (Wildman–Crippen MR) is 118 cm³/mol. The van der Waals surface area contributed by atoms with E-state index in [-0.39, 0.29) is 6.54 Å². The molecule has 5 atom stereocenters. The molecule has 0 amide bonds. The van der Waals surface area contributed by atoms with Crippen LogP contribution in [0.15, 0.2) is 44.6 Å². The van der Waals surface area contributed by atoms with Crippen molar-refractivity contribution in [3.05, 3.63) is 62.6 Å². The molecule has 0 aliphatic carbocycles. The van der Waals surface area contributed by atoms with Crippen LogP contribution in [0.2, 0.25) is 0 Å². The Bertz CT molecular complexity index is 1490. The molecule has 0 radical (unpaired) electrons. The normalized spacial score (nSPS) is 24.3.